The van der Waals surface area contributed by atoms with Crippen LogP contribution in [0.25, 0.3) is 0 Å². The minimum Gasteiger partial charge on any atom is -0.395 e. The number of fused-ring (bicyclic) bond motifs is 1. The summed E-state index contributed by atoms with van der Waals surface area (Å²) < 4.78 is -0.709. The van der Waals surface area contributed by atoms with Crippen LogP contribution in [0.4, 0.5) is 5.69 Å². The zero-order valence-electron chi connectivity index (χ0n) is 21.4. The molecule has 0 radical (unpaired) electrons. The monoisotopic (exact) mass is 511 g/mol. The van der Waals surface area contributed by atoms with E-state index in [1.807, 2.05) is 44.2 Å². The molecule has 1 N–H and O–H groups in total. The topological polar surface area (TPSA) is 81.2 Å². The number of carbonyl (C=O) groups excluding carboxylic acids is 3. The summed E-state index contributed by atoms with van der Waals surface area (Å²) >= 11 is 1.65. The van der Waals surface area contributed by atoms with Gasteiger partial charge in [-0.1, -0.05) is 37.3 Å². The van der Waals surface area contributed by atoms with Crippen molar-refractivity contribution < 1.29 is 19.5 Å². The van der Waals surface area contributed by atoms with Crippen molar-refractivity contribution in [1.29, 1.82) is 0 Å². The number of hydrogen-bond acceptors (Lipinski definition) is 5. The molecule has 3 fully saturated rings. The molecule has 3 unspecified atom stereocenters. The molecule has 0 aromatic heterocycles. The Morgan fingerprint density at radius 1 is 1.19 bits per heavy atom. The van der Waals surface area contributed by atoms with Gasteiger partial charge in [0.25, 0.3) is 0 Å². The van der Waals surface area contributed by atoms with Crippen molar-refractivity contribution in [1.82, 2.24) is 9.80 Å². The number of amides is 3. The normalized spacial score (nSPS) is 30.4. The highest BCUT2D eigenvalue weighted by molar-refractivity contribution is 8.02. The molecule has 3 amide bonds. The van der Waals surface area contributed by atoms with Crippen LogP contribution >= 0.6 is 11.8 Å². The predicted octanol–water partition coefficient (Wildman–Crippen LogP) is 2.96. The van der Waals surface area contributed by atoms with Crippen LogP contribution in [0, 0.1) is 17.8 Å². The Morgan fingerprint density at radius 2 is 1.86 bits per heavy atom. The first-order chi connectivity index (χ1) is 17.2. The van der Waals surface area contributed by atoms with E-state index in [1.165, 1.54) is 0 Å². The van der Waals surface area contributed by atoms with Crippen molar-refractivity contribution >= 4 is 35.2 Å². The van der Waals surface area contributed by atoms with Crippen molar-refractivity contribution in [3.8, 4) is 0 Å². The van der Waals surface area contributed by atoms with Gasteiger partial charge in [-0.15, -0.1) is 24.9 Å². The second-order valence-electron chi connectivity index (χ2n) is 10.3. The molecule has 1 spiro atoms. The molecule has 2 bridgehead atoms. The molecule has 6 atom stereocenters. The van der Waals surface area contributed by atoms with Gasteiger partial charge in [-0.05, 0) is 38.3 Å². The van der Waals surface area contributed by atoms with Crippen LogP contribution in [-0.2, 0) is 14.4 Å². The van der Waals surface area contributed by atoms with Gasteiger partial charge in [0.2, 0.25) is 17.7 Å². The largest absolute Gasteiger partial charge is 0.395 e. The van der Waals surface area contributed by atoms with Crippen LogP contribution in [0.3, 0.4) is 0 Å². The van der Waals surface area contributed by atoms with E-state index in [0.29, 0.717) is 13.1 Å². The Morgan fingerprint density at radius 3 is 2.44 bits per heavy atom. The third-order valence-electron chi connectivity index (χ3n) is 7.98. The summed E-state index contributed by atoms with van der Waals surface area (Å²) in [6.07, 6.45) is 4.16. The van der Waals surface area contributed by atoms with E-state index in [-0.39, 0.29) is 48.1 Å². The number of aliphatic hydroxyl groups excluding tert-OH is 1. The molecule has 1 aromatic rings. The van der Waals surface area contributed by atoms with E-state index in [9.17, 15) is 19.5 Å². The van der Waals surface area contributed by atoms with Gasteiger partial charge in [0.1, 0.15) is 6.04 Å². The molecule has 4 rings (SSSR count). The van der Waals surface area contributed by atoms with Crippen LogP contribution in [0.15, 0.2) is 55.6 Å². The summed E-state index contributed by atoms with van der Waals surface area (Å²) in [6, 6.07) is 8.64. The molecule has 0 aliphatic carbocycles. The molecule has 3 aliphatic rings. The SMILES string of the molecule is C=CCN(C(=O)[C@@H]1[C@H]2C(=O)N(CCO)C(C(=O)N(CC=C)C(C)C)C23S[C@@H]1CC3C)c1ccccc1. The van der Waals surface area contributed by atoms with Crippen molar-refractivity contribution in [2.75, 3.05) is 31.1 Å². The fourth-order valence-electron chi connectivity index (χ4n) is 6.52. The van der Waals surface area contributed by atoms with E-state index in [0.717, 1.165) is 12.1 Å². The summed E-state index contributed by atoms with van der Waals surface area (Å²) in [6.45, 7) is 14.2. The molecule has 194 valence electrons. The van der Waals surface area contributed by atoms with Gasteiger partial charge in [0, 0.05) is 36.6 Å². The van der Waals surface area contributed by atoms with Crippen LogP contribution in [0.1, 0.15) is 27.2 Å². The summed E-state index contributed by atoms with van der Waals surface area (Å²) in [4.78, 5) is 47.3. The van der Waals surface area contributed by atoms with Gasteiger partial charge in [0.15, 0.2) is 0 Å². The van der Waals surface area contributed by atoms with Crippen LogP contribution < -0.4 is 4.90 Å². The number of hydrogen-bond donors (Lipinski definition) is 1. The third-order valence-corrected chi connectivity index (χ3v) is 10.1. The second kappa shape index (κ2) is 10.4. The lowest BCUT2D eigenvalue weighted by atomic mass is 9.65. The van der Waals surface area contributed by atoms with Gasteiger partial charge in [0.05, 0.1) is 23.2 Å². The lowest BCUT2D eigenvalue weighted by Gasteiger charge is -2.41. The Balaban J connectivity index is 1.78. The number of anilines is 1. The minimum atomic E-state index is -0.725. The molecular formula is C28H37N3O4S. The van der Waals surface area contributed by atoms with Crippen molar-refractivity contribution in [2.24, 2.45) is 17.8 Å². The summed E-state index contributed by atoms with van der Waals surface area (Å²) in [5.74, 6) is -1.51. The summed E-state index contributed by atoms with van der Waals surface area (Å²) in [7, 11) is 0. The van der Waals surface area contributed by atoms with Crippen LogP contribution in [0.5, 0.6) is 0 Å². The molecule has 3 aliphatic heterocycles. The maximum absolute atomic E-state index is 14.1. The maximum Gasteiger partial charge on any atom is 0.247 e. The summed E-state index contributed by atoms with van der Waals surface area (Å²) in [5.41, 5.74) is 0.763. The number of likely N-dealkylation sites (tertiary alicyclic amines) is 1. The number of β-amino-alcohol motifs (C(OH)–C–C–N with tert-alkyl or cyclic N) is 1. The van der Waals surface area contributed by atoms with Gasteiger partial charge < -0.3 is 19.8 Å². The lowest BCUT2D eigenvalue weighted by molar-refractivity contribution is -0.144. The third kappa shape index (κ3) is 3.98. The Labute approximate surface area is 218 Å². The van der Waals surface area contributed by atoms with Gasteiger partial charge in [-0.2, -0.15) is 0 Å². The fraction of sp³-hybridized carbons (Fsp3) is 0.536. The van der Waals surface area contributed by atoms with E-state index in [1.54, 1.807) is 38.6 Å². The molecule has 3 heterocycles. The Hall–Kier alpha value is -2.58. The maximum atomic E-state index is 14.1. The molecule has 3 saturated heterocycles. The van der Waals surface area contributed by atoms with Crippen LogP contribution in [0.2, 0.25) is 0 Å². The standard InChI is InChI=1S/C28H37N3O4S/c1-6-13-29(18(3)4)27(35)24-28-19(5)17-21(36-28)22(23(28)26(34)31(24)15-16-32)25(33)30(14-7-2)20-11-9-8-10-12-20/h6-12,18-19,21-24,32H,1-2,13-17H2,3-5H3/t19?,21-,22+,23+,24?,28?/m1/s1. The van der Waals surface area contributed by atoms with Crippen molar-refractivity contribution in [3.05, 3.63) is 55.6 Å². The number of aliphatic hydroxyl groups is 1. The predicted molar refractivity (Wildman–Crippen MR) is 143 cm³/mol. The molecule has 0 saturated carbocycles. The first kappa shape index (κ1) is 26.5. The van der Waals surface area contributed by atoms with E-state index in [4.69, 9.17) is 0 Å². The average Bonchev–Trinajstić information content (AvgIpc) is 3.45. The van der Waals surface area contributed by atoms with E-state index >= 15 is 0 Å². The number of rotatable bonds is 10. The van der Waals surface area contributed by atoms with E-state index in [2.05, 4.69) is 20.1 Å². The Bertz CT molecular complexity index is 1030. The first-order valence-corrected chi connectivity index (χ1v) is 13.6. The van der Waals surface area contributed by atoms with Crippen LogP contribution in [-0.4, -0.2) is 80.9 Å². The number of carbonyl (C=O) groups is 3. The average molecular weight is 512 g/mol. The molecule has 36 heavy (non-hydrogen) atoms. The highest BCUT2D eigenvalue weighted by atomic mass is 32.2. The molecule has 8 heteroatoms. The fourth-order valence-corrected chi connectivity index (χ4v) is 8.93. The van der Waals surface area contributed by atoms with Crippen molar-refractivity contribution in [3.63, 3.8) is 0 Å². The molecular weight excluding hydrogens is 474 g/mol. The quantitative estimate of drug-likeness (QED) is 0.489. The zero-order valence-corrected chi connectivity index (χ0v) is 22.2. The van der Waals surface area contributed by atoms with E-state index < -0.39 is 22.6 Å². The van der Waals surface area contributed by atoms with Crippen molar-refractivity contribution in [2.45, 2.75) is 49.3 Å². The lowest BCUT2D eigenvalue weighted by Crippen LogP contribution is -2.58. The second-order valence-corrected chi connectivity index (χ2v) is 11.8. The highest BCUT2D eigenvalue weighted by Gasteiger charge is 2.76. The summed E-state index contributed by atoms with van der Waals surface area (Å²) in [5, 5.41) is 9.80. The number of thioether (sulfide) groups is 1. The smallest absolute Gasteiger partial charge is 0.247 e. The number of benzene rings is 1. The van der Waals surface area contributed by atoms with Gasteiger partial charge >= 0.3 is 0 Å². The molecule has 7 nitrogen and oxygen atoms in total. The number of para-hydroxylation sites is 1. The number of nitrogens with zero attached hydrogens (tertiary/aromatic N) is 3. The van der Waals surface area contributed by atoms with Gasteiger partial charge in [-0.3, -0.25) is 14.4 Å². The van der Waals surface area contributed by atoms with Gasteiger partial charge in [-0.25, -0.2) is 0 Å². The Kier molecular flexibility index (Phi) is 7.67. The zero-order chi connectivity index (χ0) is 26.2. The molecule has 1 aromatic carbocycles. The minimum absolute atomic E-state index is 0.0454. The highest BCUT2D eigenvalue weighted by Crippen LogP contribution is 2.69. The first-order valence-electron chi connectivity index (χ1n) is 12.7.